The van der Waals surface area contributed by atoms with Crippen LogP contribution < -0.4 is 28.3 Å². The predicted octanol–water partition coefficient (Wildman–Crippen LogP) is -3.85. The molecule has 0 spiro atoms. The van der Waals surface area contributed by atoms with E-state index in [0.29, 0.717) is 18.6 Å². The Kier molecular flexibility index (Phi) is 7.92. The summed E-state index contributed by atoms with van der Waals surface area (Å²) in [6.07, 6.45) is -3.56. The number of nitrogens with two attached hydrogens (primary N) is 4. The average molecular weight is 448 g/mol. The fourth-order valence-corrected chi connectivity index (χ4v) is 4.44. The van der Waals surface area contributed by atoms with Gasteiger partial charge in [-0.25, -0.2) is 0 Å². The van der Waals surface area contributed by atoms with Gasteiger partial charge in [0, 0.05) is 12.1 Å². The summed E-state index contributed by atoms with van der Waals surface area (Å²) < 4.78 is 23.1. The molecule has 3 aliphatic rings. The van der Waals surface area contributed by atoms with Crippen LogP contribution in [0.2, 0.25) is 0 Å². The summed E-state index contributed by atoms with van der Waals surface area (Å²) in [6.45, 7) is 1.68. The summed E-state index contributed by atoms with van der Waals surface area (Å²) in [5.74, 6) is 0.555. The third-order valence-corrected chi connectivity index (χ3v) is 6.22. The minimum absolute atomic E-state index is 0.0727. The molecule has 31 heavy (non-hydrogen) atoms. The molecule has 1 saturated carbocycles. The van der Waals surface area contributed by atoms with Gasteiger partial charge in [0.25, 0.3) is 0 Å². The maximum Gasteiger partial charge on any atom is 0.215 e. The molecule has 0 aromatic heterocycles. The minimum Gasteiger partial charge on any atom is -0.467 e. The molecule has 1 aliphatic carbocycles. The Morgan fingerprint density at radius 2 is 1.71 bits per heavy atom. The molecule has 0 aromatic carbocycles. The molecule has 12 heteroatoms. The van der Waals surface area contributed by atoms with E-state index in [1.165, 1.54) is 0 Å². The first kappa shape index (κ1) is 24.7. The van der Waals surface area contributed by atoms with E-state index >= 15 is 0 Å². The molecule has 2 heterocycles. The van der Waals surface area contributed by atoms with Crippen molar-refractivity contribution in [2.24, 2.45) is 22.9 Å². The second-order valence-corrected chi connectivity index (χ2v) is 8.81. The molecule has 0 unspecified atom stereocenters. The van der Waals surface area contributed by atoms with Crippen molar-refractivity contribution in [3.63, 3.8) is 0 Å². The molecule has 0 aromatic rings. The van der Waals surface area contributed by atoms with E-state index in [2.05, 4.69) is 5.32 Å². The number of aliphatic hydroxyl groups is 3. The van der Waals surface area contributed by atoms with Crippen LogP contribution in [0.1, 0.15) is 19.8 Å². The van der Waals surface area contributed by atoms with Crippen LogP contribution in [0, 0.1) is 0 Å². The zero-order valence-electron chi connectivity index (χ0n) is 18.0. The lowest BCUT2D eigenvalue weighted by Gasteiger charge is -2.48. The van der Waals surface area contributed by atoms with Crippen LogP contribution in [0.5, 0.6) is 0 Å². The molecule has 12 nitrogen and oxygen atoms in total. The largest absolute Gasteiger partial charge is 0.467 e. The molecule has 0 amide bonds. The van der Waals surface area contributed by atoms with Crippen molar-refractivity contribution in [1.29, 1.82) is 0 Å². The zero-order chi connectivity index (χ0) is 22.9. The quantitative estimate of drug-likeness (QED) is 0.196. The number of ether oxygens (including phenoxy) is 4. The monoisotopic (exact) mass is 447 g/mol. The molecule has 3 rings (SSSR count). The summed E-state index contributed by atoms with van der Waals surface area (Å²) in [5.41, 5.74) is 22.9. The smallest absolute Gasteiger partial charge is 0.215 e. The van der Waals surface area contributed by atoms with Gasteiger partial charge < -0.3 is 62.5 Å². The Balaban J connectivity index is 1.69. The Bertz CT molecular complexity index is 639. The fraction of sp³-hybridized carbons (Fsp3) is 0.895. The van der Waals surface area contributed by atoms with E-state index in [0.717, 1.165) is 0 Å². The average Bonchev–Trinajstić information content (AvgIpc) is 2.71. The lowest BCUT2D eigenvalue weighted by atomic mass is 9.84. The van der Waals surface area contributed by atoms with Crippen LogP contribution in [-0.2, 0) is 18.9 Å². The van der Waals surface area contributed by atoms with Crippen molar-refractivity contribution in [1.82, 2.24) is 5.32 Å². The highest BCUT2D eigenvalue weighted by Gasteiger charge is 2.50. The van der Waals surface area contributed by atoms with Crippen molar-refractivity contribution < 1.29 is 34.3 Å². The number of likely N-dealkylation sites (N-methyl/N-ethyl adjacent to an activating group) is 1. The van der Waals surface area contributed by atoms with Crippen LogP contribution in [0.25, 0.3) is 0 Å². The maximum absolute atomic E-state index is 11.0. The first-order valence-corrected chi connectivity index (χ1v) is 10.6. The van der Waals surface area contributed by atoms with Gasteiger partial charge in [-0.05, 0) is 32.9 Å². The van der Waals surface area contributed by atoms with Crippen LogP contribution >= 0.6 is 0 Å². The second kappa shape index (κ2) is 9.93. The van der Waals surface area contributed by atoms with Crippen molar-refractivity contribution >= 4 is 0 Å². The summed E-state index contributed by atoms with van der Waals surface area (Å²) in [5, 5.41) is 34.9. The first-order chi connectivity index (χ1) is 14.6. The minimum atomic E-state index is -1.29. The maximum atomic E-state index is 11.0. The van der Waals surface area contributed by atoms with Crippen LogP contribution in [0.4, 0.5) is 0 Å². The lowest BCUT2D eigenvalue weighted by Crippen LogP contribution is -2.68. The summed E-state index contributed by atoms with van der Waals surface area (Å²) in [4.78, 5) is 0. The van der Waals surface area contributed by atoms with Gasteiger partial charge in [0.05, 0.1) is 25.2 Å². The Labute approximate surface area is 181 Å². The molecule has 11 atom stereocenters. The fourth-order valence-electron chi connectivity index (χ4n) is 4.44. The number of rotatable bonds is 6. The van der Waals surface area contributed by atoms with Gasteiger partial charge in [0.1, 0.15) is 35.8 Å². The van der Waals surface area contributed by atoms with Gasteiger partial charge in [0.2, 0.25) is 6.29 Å². The summed E-state index contributed by atoms with van der Waals surface area (Å²) in [7, 11) is 1.62. The van der Waals surface area contributed by atoms with Crippen LogP contribution in [0.3, 0.4) is 0 Å². The summed E-state index contributed by atoms with van der Waals surface area (Å²) in [6, 6.07) is -2.37. The van der Waals surface area contributed by atoms with E-state index in [9.17, 15) is 15.3 Å². The first-order valence-electron chi connectivity index (χ1n) is 10.6. The van der Waals surface area contributed by atoms with Gasteiger partial charge in [-0.1, -0.05) is 0 Å². The van der Waals surface area contributed by atoms with Crippen LogP contribution in [0.15, 0.2) is 11.8 Å². The van der Waals surface area contributed by atoms with Gasteiger partial charge in [-0.2, -0.15) is 0 Å². The topological polar surface area (TPSA) is 214 Å². The van der Waals surface area contributed by atoms with E-state index in [4.69, 9.17) is 41.9 Å². The molecule has 0 radical (unpaired) electrons. The van der Waals surface area contributed by atoms with Gasteiger partial charge in [0.15, 0.2) is 6.29 Å². The third-order valence-electron chi connectivity index (χ3n) is 6.22. The highest BCUT2D eigenvalue weighted by molar-refractivity contribution is 5.04. The number of hydrogen-bond acceptors (Lipinski definition) is 12. The number of nitrogens with one attached hydrogen (secondary N) is 1. The molecule has 2 aliphatic heterocycles. The van der Waals surface area contributed by atoms with Gasteiger partial charge in [-0.3, -0.25) is 0 Å². The third kappa shape index (κ3) is 5.20. The second-order valence-electron chi connectivity index (χ2n) is 8.81. The predicted molar refractivity (Wildman–Crippen MR) is 110 cm³/mol. The van der Waals surface area contributed by atoms with Gasteiger partial charge >= 0.3 is 0 Å². The highest BCUT2D eigenvalue weighted by atomic mass is 16.7. The Morgan fingerprint density at radius 3 is 2.29 bits per heavy atom. The van der Waals surface area contributed by atoms with Crippen molar-refractivity contribution in [3.05, 3.63) is 11.8 Å². The molecule has 12 N–H and O–H groups in total. The SMILES string of the molecule is CN[C@@H]1[C@@H](O)[C@@H](O[C@@H]2[C@@H](O)[C@H](O[C@H]3OC(CN)=CC[C@H]3N)[C@@H](N)C[C@H]2N)OC[C@@]1(C)O. The Hall–Kier alpha value is -0.900. The van der Waals surface area contributed by atoms with E-state index < -0.39 is 66.8 Å². The molecule has 1 saturated heterocycles. The zero-order valence-corrected chi connectivity index (χ0v) is 18.0. The number of hydrogen-bond donors (Lipinski definition) is 8. The van der Waals surface area contributed by atoms with Gasteiger partial charge in [-0.15, -0.1) is 0 Å². The molecule has 180 valence electrons. The van der Waals surface area contributed by atoms with Crippen molar-refractivity contribution in [2.45, 2.75) is 86.5 Å². The van der Waals surface area contributed by atoms with E-state index in [-0.39, 0.29) is 13.2 Å². The molecule has 0 bridgehead atoms. The standard InChI is InChI=1S/C19H37N5O7/c1-19(27)7-28-18(13(26)16(19)24-2)31-15-11(23)5-10(22)14(12(15)25)30-17-9(21)4-3-8(6-20)29-17/h3,9-18,24-27H,4-7,20-23H2,1-2H3/t9-,10+,11-,12+,13-,14-,15+,16-,17-,18-,19-/m1/s1. The van der Waals surface area contributed by atoms with E-state index in [1.807, 2.05) is 0 Å². The Morgan fingerprint density at radius 1 is 1.10 bits per heavy atom. The number of aliphatic hydroxyl groups excluding tert-OH is 2. The molecular formula is C19H37N5O7. The summed E-state index contributed by atoms with van der Waals surface area (Å²) >= 11 is 0. The lowest BCUT2D eigenvalue weighted by molar-refractivity contribution is -0.303. The van der Waals surface area contributed by atoms with E-state index in [1.54, 1.807) is 20.0 Å². The normalized spacial score (nSPS) is 48.7. The molecular weight excluding hydrogens is 410 g/mol. The van der Waals surface area contributed by atoms with Crippen LogP contribution in [-0.4, -0.2) is 102 Å². The highest BCUT2D eigenvalue weighted by Crippen LogP contribution is 2.31. The van der Waals surface area contributed by atoms with Crippen molar-refractivity contribution in [2.75, 3.05) is 20.2 Å². The van der Waals surface area contributed by atoms with Crippen molar-refractivity contribution in [3.8, 4) is 0 Å². The molecule has 2 fully saturated rings.